The molecule has 1 amide bonds. The van der Waals surface area contributed by atoms with E-state index < -0.39 is 0 Å². The minimum absolute atomic E-state index is 0.0174. The first kappa shape index (κ1) is 17.9. The van der Waals surface area contributed by atoms with Gasteiger partial charge in [-0.2, -0.15) is 0 Å². The fourth-order valence-corrected chi connectivity index (χ4v) is 4.17. The molecule has 1 unspecified atom stereocenters. The zero-order chi connectivity index (χ0) is 18.6. The second kappa shape index (κ2) is 8.01. The number of phenolic OH excluding ortho intramolecular Hbond substituents is 1. The molecule has 2 aromatic rings. The first-order valence-corrected chi connectivity index (χ1v) is 9.87. The van der Waals surface area contributed by atoms with E-state index in [1.165, 1.54) is 0 Å². The van der Waals surface area contributed by atoms with Crippen LogP contribution in [0, 0.1) is 0 Å². The third-order valence-electron chi connectivity index (χ3n) is 5.69. The minimum atomic E-state index is 0.0174. The molecule has 2 N–H and O–H groups in total. The van der Waals surface area contributed by atoms with Crippen LogP contribution in [0.4, 0.5) is 11.4 Å². The molecule has 0 saturated carbocycles. The zero-order valence-corrected chi connectivity index (χ0v) is 15.6. The van der Waals surface area contributed by atoms with Crippen molar-refractivity contribution < 1.29 is 9.90 Å². The molecule has 5 heteroatoms. The number of carbonyl (C=O) groups excluding carboxylic acids is 1. The smallest absolute Gasteiger partial charge is 0.232 e. The highest BCUT2D eigenvalue weighted by molar-refractivity contribution is 6.02. The van der Waals surface area contributed by atoms with Crippen molar-refractivity contribution in [2.24, 2.45) is 0 Å². The molecule has 0 aromatic heterocycles. The number of para-hydroxylation sites is 1. The Kier molecular flexibility index (Phi) is 5.30. The molecular weight excluding hydrogens is 338 g/mol. The van der Waals surface area contributed by atoms with Crippen LogP contribution in [0.5, 0.6) is 5.75 Å². The fourth-order valence-electron chi connectivity index (χ4n) is 4.17. The van der Waals surface area contributed by atoms with Crippen LogP contribution >= 0.6 is 0 Å². The van der Waals surface area contributed by atoms with E-state index in [1.807, 2.05) is 30.3 Å². The van der Waals surface area contributed by atoms with Crippen molar-refractivity contribution in [1.29, 1.82) is 0 Å². The summed E-state index contributed by atoms with van der Waals surface area (Å²) >= 11 is 0. The number of hydrogen-bond donors (Lipinski definition) is 2. The number of amides is 1. The van der Waals surface area contributed by atoms with Gasteiger partial charge in [-0.05, 0) is 43.1 Å². The van der Waals surface area contributed by atoms with Gasteiger partial charge >= 0.3 is 0 Å². The normalized spacial score (nSPS) is 19.8. The third-order valence-corrected chi connectivity index (χ3v) is 5.69. The van der Waals surface area contributed by atoms with Crippen molar-refractivity contribution in [2.45, 2.75) is 25.2 Å². The largest absolute Gasteiger partial charge is 0.508 e. The number of fused-ring (bicyclic) bond motifs is 1. The van der Waals surface area contributed by atoms with Gasteiger partial charge in [0.1, 0.15) is 5.75 Å². The minimum Gasteiger partial charge on any atom is -0.508 e. The maximum Gasteiger partial charge on any atom is 0.232 e. The van der Waals surface area contributed by atoms with Crippen LogP contribution in [0.2, 0.25) is 0 Å². The molecule has 0 bridgehead atoms. The van der Waals surface area contributed by atoms with Gasteiger partial charge in [-0.3, -0.25) is 9.69 Å². The molecule has 1 saturated heterocycles. The predicted octanol–water partition coefficient (Wildman–Crippen LogP) is 3.42. The number of nitrogens with one attached hydrogen (secondary N) is 1. The number of piperazine rings is 1. The number of aromatic hydroxyl groups is 1. The summed E-state index contributed by atoms with van der Waals surface area (Å²) < 4.78 is 0. The number of benzene rings is 2. The van der Waals surface area contributed by atoms with Gasteiger partial charge in [-0.15, -0.1) is 0 Å². The van der Waals surface area contributed by atoms with Gasteiger partial charge in [0.2, 0.25) is 5.91 Å². The van der Waals surface area contributed by atoms with Gasteiger partial charge in [0, 0.05) is 43.6 Å². The summed E-state index contributed by atoms with van der Waals surface area (Å²) in [5.74, 6) is 0.493. The monoisotopic (exact) mass is 365 g/mol. The Hall–Kier alpha value is -2.53. The zero-order valence-electron chi connectivity index (χ0n) is 15.6. The van der Waals surface area contributed by atoms with Crippen molar-refractivity contribution in [2.75, 3.05) is 42.9 Å². The molecule has 0 aliphatic carbocycles. The number of carbonyl (C=O) groups is 1. The molecule has 142 valence electrons. The highest BCUT2D eigenvalue weighted by atomic mass is 16.3. The molecule has 2 heterocycles. The highest BCUT2D eigenvalue weighted by Crippen LogP contribution is 2.35. The number of nitrogens with zero attached hydrogens (tertiary/aromatic N) is 2. The van der Waals surface area contributed by atoms with E-state index in [4.69, 9.17) is 0 Å². The van der Waals surface area contributed by atoms with Crippen LogP contribution in [-0.4, -0.2) is 48.6 Å². The van der Waals surface area contributed by atoms with Crippen LogP contribution < -0.4 is 10.2 Å². The van der Waals surface area contributed by atoms with Gasteiger partial charge in [0.25, 0.3) is 0 Å². The van der Waals surface area contributed by atoms with Crippen molar-refractivity contribution >= 4 is 17.3 Å². The maximum absolute atomic E-state index is 12.2. The molecule has 0 spiro atoms. The van der Waals surface area contributed by atoms with Crippen molar-refractivity contribution in [3.63, 3.8) is 0 Å². The Morgan fingerprint density at radius 3 is 2.63 bits per heavy atom. The Morgan fingerprint density at radius 1 is 1.00 bits per heavy atom. The fraction of sp³-hybridized carbons (Fsp3) is 0.409. The van der Waals surface area contributed by atoms with E-state index >= 15 is 0 Å². The average molecular weight is 365 g/mol. The van der Waals surface area contributed by atoms with E-state index in [1.54, 1.807) is 6.07 Å². The molecule has 2 aromatic carbocycles. The lowest BCUT2D eigenvalue weighted by molar-refractivity contribution is -0.117. The van der Waals surface area contributed by atoms with Crippen LogP contribution in [0.15, 0.2) is 48.5 Å². The van der Waals surface area contributed by atoms with Crippen molar-refractivity contribution in [3.8, 4) is 5.75 Å². The van der Waals surface area contributed by atoms with Gasteiger partial charge in [0.15, 0.2) is 0 Å². The van der Waals surface area contributed by atoms with Gasteiger partial charge in [-0.25, -0.2) is 0 Å². The number of unbranched alkanes of at least 4 members (excludes halogenated alkanes) is 1. The van der Waals surface area contributed by atoms with Gasteiger partial charge < -0.3 is 15.3 Å². The maximum atomic E-state index is 12.2. The second-order valence-electron chi connectivity index (χ2n) is 7.47. The summed E-state index contributed by atoms with van der Waals surface area (Å²) in [6, 6.07) is 15.5. The molecule has 2 aliphatic heterocycles. The van der Waals surface area contributed by atoms with Crippen LogP contribution in [-0.2, 0) is 4.79 Å². The van der Waals surface area contributed by atoms with E-state index in [9.17, 15) is 9.90 Å². The number of rotatable bonds is 6. The SMILES string of the molecule is O=C1Nc2ccccc2C1CCCCN1CCN(c2cccc(O)c2)CC1. The summed E-state index contributed by atoms with van der Waals surface area (Å²) in [5, 5.41) is 12.6. The number of phenols is 1. The summed E-state index contributed by atoms with van der Waals surface area (Å²) in [5.41, 5.74) is 3.23. The molecule has 2 aliphatic rings. The Labute approximate surface area is 160 Å². The summed E-state index contributed by atoms with van der Waals surface area (Å²) in [7, 11) is 0. The van der Waals surface area contributed by atoms with Gasteiger partial charge in [-0.1, -0.05) is 30.7 Å². The lowest BCUT2D eigenvalue weighted by Gasteiger charge is -2.36. The van der Waals surface area contributed by atoms with Crippen molar-refractivity contribution in [1.82, 2.24) is 4.90 Å². The number of anilines is 2. The summed E-state index contributed by atoms with van der Waals surface area (Å²) in [4.78, 5) is 17.0. The lowest BCUT2D eigenvalue weighted by Crippen LogP contribution is -2.46. The summed E-state index contributed by atoms with van der Waals surface area (Å²) in [6.45, 7) is 5.15. The molecule has 4 rings (SSSR count). The second-order valence-corrected chi connectivity index (χ2v) is 7.47. The Balaban J connectivity index is 1.20. The highest BCUT2D eigenvalue weighted by Gasteiger charge is 2.29. The first-order valence-electron chi connectivity index (χ1n) is 9.87. The number of hydrogen-bond acceptors (Lipinski definition) is 4. The van der Waals surface area contributed by atoms with Crippen LogP contribution in [0.3, 0.4) is 0 Å². The first-order chi connectivity index (χ1) is 13.2. The average Bonchev–Trinajstić information content (AvgIpc) is 3.01. The van der Waals surface area contributed by atoms with Crippen molar-refractivity contribution in [3.05, 3.63) is 54.1 Å². The molecule has 1 atom stereocenters. The van der Waals surface area contributed by atoms with E-state index in [0.717, 1.165) is 68.9 Å². The van der Waals surface area contributed by atoms with E-state index in [0.29, 0.717) is 5.75 Å². The van der Waals surface area contributed by atoms with Crippen LogP contribution in [0.1, 0.15) is 30.7 Å². The molecule has 5 nitrogen and oxygen atoms in total. The molecule has 0 radical (unpaired) electrons. The standard InChI is InChI=1S/C22H27N3O2/c26-18-7-5-6-17(16-18)25-14-12-24(13-15-25)11-4-3-9-20-19-8-1-2-10-21(19)23-22(20)27/h1-2,5-8,10,16,20,26H,3-4,9,11-15H2,(H,23,27). The topological polar surface area (TPSA) is 55.8 Å². The van der Waals surface area contributed by atoms with E-state index in [2.05, 4.69) is 27.2 Å². The lowest BCUT2D eigenvalue weighted by atomic mass is 9.95. The third kappa shape index (κ3) is 4.08. The molecular formula is C22H27N3O2. The summed E-state index contributed by atoms with van der Waals surface area (Å²) in [6.07, 6.45) is 3.11. The Morgan fingerprint density at radius 2 is 1.81 bits per heavy atom. The predicted molar refractivity (Wildman–Crippen MR) is 108 cm³/mol. The van der Waals surface area contributed by atoms with Gasteiger partial charge in [0.05, 0.1) is 5.92 Å². The molecule has 1 fully saturated rings. The van der Waals surface area contributed by atoms with E-state index in [-0.39, 0.29) is 11.8 Å². The quantitative estimate of drug-likeness (QED) is 0.770. The Bertz CT molecular complexity index is 800. The molecule has 27 heavy (non-hydrogen) atoms. The van der Waals surface area contributed by atoms with Crippen LogP contribution in [0.25, 0.3) is 0 Å².